The molecule has 1 aromatic carbocycles. The van der Waals surface area contributed by atoms with E-state index in [9.17, 15) is 4.79 Å². The van der Waals surface area contributed by atoms with Crippen LogP contribution in [0, 0.1) is 0 Å². The number of nitrogens with zero attached hydrogens (tertiary/aromatic N) is 2. The van der Waals surface area contributed by atoms with Crippen LogP contribution in [0.15, 0.2) is 46.3 Å². The zero-order valence-corrected chi connectivity index (χ0v) is 7.18. The second kappa shape index (κ2) is 3.68. The van der Waals surface area contributed by atoms with Crippen LogP contribution < -0.4 is 0 Å². The van der Waals surface area contributed by atoms with Gasteiger partial charge in [0.05, 0.1) is 11.9 Å². The Morgan fingerprint density at radius 3 is 2.93 bits per heavy atom. The number of benzene rings is 1. The van der Waals surface area contributed by atoms with Crippen LogP contribution >= 0.6 is 0 Å². The van der Waals surface area contributed by atoms with Crippen molar-refractivity contribution in [2.24, 2.45) is 4.99 Å². The van der Waals surface area contributed by atoms with Crippen molar-refractivity contribution >= 4 is 11.8 Å². The van der Waals surface area contributed by atoms with E-state index < -0.39 is 0 Å². The second-order valence-electron chi connectivity index (χ2n) is 2.59. The molecule has 0 aliphatic heterocycles. The van der Waals surface area contributed by atoms with Crippen molar-refractivity contribution in [3.63, 3.8) is 0 Å². The highest BCUT2D eigenvalue weighted by atomic mass is 16.3. The molecule has 1 heterocycles. The summed E-state index contributed by atoms with van der Waals surface area (Å²) < 4.78 is 5.11. The normalized spacial score (nSPS) is 9.43. The minimum atomic E-state index is 0.527. The molecule has 0 bridgehead atoms. The molecule has 0 fully saturated rings. The molecule has 0 N–H and O–H groups in total. The molecule has 0 saturated heterocycles. The van der Waals surface area contributed by atoms with Gasteiger partial charge < -0.3 is 4.42 Å². The molecule has 4 nitrogen and oxygen atoms in total. The van der Waals surface area contributed by atoms with Crippen molar-refractivity contribution in [2.45, 2.75) is 0 Å². The summed E-state index contributed by atoms with van der Waals surface area (Å²) in [5.74, 6) is 0.583. The summed E-state index contributed by atoms with van der Waals surface area (Å²) in [4.78, 5) is 17.5. The van der Waals surface area contributed by atoms with E-state index in [1.165, 1.54) is 12.5 Å². The van der Waals surface area contributed by atoms with Gasteiger partial charge in [0.1, 0.15) is 0 Å². The van der Waals surface area contributed by atoms with Gasteiger partial charge in [0.15, 0.2) is 12.2 Å². The smallest absolute Gasteiger partial charge is 0.240 e. The zero-order valence-electron chi connectivity index (χ0n) is 7.18. The first-order chi connectivity index (χ1) is 6.92. The molecule has 0 aliphatic carbocycles. The lowest BCUT2D eigenvalue weighted by atomic mass is 10.1. The van der Waals surface area contributed by atoms with Gasteiger partial charge >= 0.3 is 0 Å². The highest BCUT2D eigenvalue weighted by molar-refractivity contribution is 5.73. The fourth-order valence-electron chi connectivity index (χ4n) is 1.18. The Bertz CT molecular complexity index is 471. The van der Waals surface area contributed by atoms with Crippen LogP contribution in [0.4, 0.5) is 5.69 Å². The number of aromatic nitrogens is 1. The van der Waals surface area contributed by atoms with Crippen LogP contribution in [0.5, 0.6) is 0 Å². The molecule has 0 amide bonds. The van der Waals surface area contributed by atoms with E-state index in [1.54, 1.807) is 24.4 Å². The molecule has 2 rings (SSSR count). The number of hydrogen-bond donors (Lipinski definition) is 0. The average molecular weight is 186 g/mol. The van der Waals surface area contributed by atoms with E-state index in [0.717, 1.165) is 5.56 Å². The van der Waals surface area contributed by atoms with Gasteiger partial charge in [0.2, 0.25) is 6.08 Å². The predicted molar refractivity (Wildman–Crippen MR) is 49.7 cm³/mol. The third kappa shape index (κ3) is 1.46. The van der Waals surface area contributed by atoms with Crippen LogP contribution in [0.1, 0.15) is 0 Å². The minimum Gasteiger partial charge on any atom is -0.443 e. The molecule has 0 saturated carbocycles. The largest absolute Gasteiger partial charge is 0.443 e. The van der Waals surface area contributed by atoms with Crippen molar-refractivity contribution in [1.29, 1.82) is 0 Å². The molecule has 14 heavy (non-hydrogen) atoms. The van der Waals surface area contributed by atoms with Crippen LogP contribution in [0.3, 0.4) is 0 Å². The van der Waals surface area contributed by atoms with E-state index in [4.69, 9.17) is 4.42 Å². The summed E-state index contributed by atoms with van der Waals surface area (Å²) >= 11 is 0. The molecule has 1 aromatic heterocycles. The van der Waals surface area contributed by atoms with Gasteiger partial charge in [-0.3, -0.25) is 0 Å². The maximum Gasteiger partial charge on any atom is 0.240 e. The molecule has 0 aliphatic rings. The Balaban J connectivity index is 2.57. The number of rotatable bonds is 2. The van der Waals surface area contributed by atoms with Crippen LogP contribution in [-0.4, -0.2) is 11.1 Å². The molecular weight excluding hydrogens is 180 g/mol. The summed E-state index contributed by atoms with van der Waals surface area (Å²) in [7, 11) is 0. The van der Waals surface area contributed by atoms with Gasteiger partial charge in [-0.25, -0.2) is 9.78 Å². The Kier molecular flexibility index (Phi) is 2.21. The lowest BCUT2D eigenvalue weighted by Gasteiger charge is -1.98. The third-order valence-corrected chi connectivity index (χ3v) is 1.77. The van der Waals surface area contributed by atoms with Crippen molar-refractivity contribution in [1.82, 2.24) is 4.98 Å². The minimum absolute atomic E-state index is 0.527. The molecular formula is C10H6N2O2. The number of aliphatic imine (C=N–C) groups is 1. The summed E-state index contributed by atoms with van der Waals surface area (Å²) in [6.07, 6.45) is 4.40. The summed E-state index contributed by atoms with van der Waals surface area (Å²) in [5.41, 5.74) is 1.26. The van der Waals surface area contributed by atoms with E-state index in [2.05, 4.69) is 9.98 Å². The maximum atomic E-state index is 10.2. The number of carbonyl (C=O) groups excluding carboxylic acids is 1. The molecule has 2 aromatic rings. The van der Waals surface area contributed by atoms with Crippen molar-refractivity contribution in [3.05, 3.63) is 36.9 Å². The standard InChI is InChI=1S/C10H6N2O2/c13-6-12-9-4-2-1-3-8(9)10-5-11-7-14-10/h1-5,7H. The SMILES string of the molecule is O=C=Nc1ccccc1-c1cnco1. The van der Waals surface area contributed by atoms with E-state index >= 15 is 0 Å². The Hall–Kier alpha value is -2.19. The lowest BCUT2D eigenvalue weighted by Crippen LogP contribution is -1.74. The number of oxazole rings is 1. The molecule has 0 atom stereocenters. The van der Waals surface area contributed by atoms with Crippen molar-refractivity contribution < 1.29 is 9.21 Å². The first-order valence-electron chi connectivity index (χ1n) is 3.97. The van der Waals surface area contributed by atoms with Gasteiger partial charge in [-0.05, 0) is 12.1 Å². The molecule has 0 radical (unpaired) electrons. The molecule has 4 heteroatoms. The zero-order chi connectivity index (χ0) is 9.80. The number of hydrogen-bond acceptors (Lipinski definition) is 4. The topological polar surface area (TPSA) is 55.5 Å². The first-order valence-corrected chi connectivity index (χ1v) is 3.97. The Labute approximate surface area is 79.9 Å². The van der Waals surface area contributed by atoms with Gasteiger partial charge in [-0.15, -0.1) is 0 Å². The summed E-state index contributed by atoms with van der Waals surface area (Å²) in [5, 5.41) is 0. The molecule has 0 spiro atoms. The molecule has 0 unspecified atom stereocenters. The van der Waals surface area contributed by atoms with Gasteiger partial charge in [-0.2, -0.15) is 4.99 Å². The van der Waals surface area contributed by atoms with E-state index in [-0.39, 0.29) is 0 Å². The van der Waals surface area contributed by atoms with Crippen LogP contribution in [0.2, 0.25) is 0 Å². The highest BCUT2D eigenvalue weighted by Crippen LogP contribution is 2.28. The summed E-state index contributed by atoms with van der Waals surface area (Å²) in [6.45, 7) is 0. The number of isocyanates is 1. The molecule has 68 valence electrons. The van der Waals surface area contributed by atoms with Crippen molar-refractivity contribution in [3.8, 4) is 11.3 Å². The fraction of sp³-hybridized carbons (Fsp3) is 0. The van der Waals surface area contributed by atoms with Gasteiger partial charge in [0.25, 0.3) is 0 Å². The second-order valence-corrected chi connectivity index (χ2v) is 2.59. The van der Waals surface area contributed by atoms with Crippen LogP contribution in [-0.2, 0) is 4.79 Å². The fourth-order valence-corrected chi connectivity index (χ4v) is 1.18. The van der Waals surface area contributed by atoms with Crippen molar-refractivity contribution in [2.75, 3.05) is 0 Å². The predicted octanol–water partition coefficient (Wildman–Crippen LogP) is 2.31. The van der Waals surface area contributed by atoms with Gasteiger partial charge in [0, 0.05) is 5.56 Å². The third-order valence-electron chi connectivity index (χ3n) is 1.77. The van der Waals surface area contributed by atoms with E-state index in [0.29, 0.717) is 11.4 Å². The maximum absolute atomic E-state index is 10.2. The Morgan fingerprint density at radius 2 is 2.21 bits per heavy atom. The van der Waals surface area contributed by atoms with Crippen LogP contribution in [0.25, 0.3) is 11.3 Å². The number of para-hydroxylation sites is 1. The quantitative estimate of drug-likeness (QED) is 0.534. The first kappa shape index (κ1) is 8.41. The van der Waals surface area contributed by atoms with Gasteiger partial charge in [-0.1, -0.05) is 12.1 Å². The lowest BCUT2D eigenvalue weighted by molar-refractivity contribution is 0.565. The average Bonchev–Trinajstić information content (AvgIpc) is 2.72. The summed E-state index contributed by atoms with van der Waals surface area (Å²) in [6, 6.07) is 7.14. The monoisotopic (exact) mass is 186 g/mol. The highest BCUT2D eigenvalue weighted by Gasteiger charge is 2.05. The van der Waals surface area contributed by atoms with E-state index in [1.807, 2.05) is 6.07 Å². The Morgan fingerprint density at radius 1 is 1.36 bits per heavy atom.